The molecule has 176 valence electrons. The van der Waals surface area contributed by atoms with Crippen molar-refractivity contribution < 1.29 is 9.18 Å². The van der Waals surface area contributed by atoms with Crippen LogP contribution < -0.4 is 16.4 Å². The number of amides is 1. The minimum absolute atomic E-state index is 0.00594. The van der Waals surface area contributed by atoms with Crippen molar-refractivity contribution in [1.82, 2.24) is 19.5 Å². The van der Waals surface area contributed by atoms with E-state index in [0.717, 1.165) is 6.42 Å². The van der Waals surface area contributed by atoms with E-state index < -0.39 is 5.82 Å². The van der Waals surface area contributed by atoms with E-state index in [4.69, 9.17) is 33.9 Å². The largest absolute Gasteiger partial charge is 0.369 e. The molecule has 4 N–H and O–H groups in total. The van der Waals surface area contributed by atoms with Crippen LogP contribution in [0.1, 0.15) is 52.0 Å². The highest BCUT2D eigenvalue weighted by Crippen LogP contribution is 2.38. The number of nitrogens with one attached hydrogen (secondary N) is 2. The molecule has 2 aromatic heterocycles. The summed E-state index contributed by atoms with van der Waals surface area (Å²) in [6.45, 7) is 4.12. The first-order valence-electron chi connectivity index (χ1n) is 11.0. The first-order chi connectivity index (χ1) is 15.8. The molecule has 3 aromatic rings. The number of rotatable bonds is 7. The molecule has 0 bridgehead atoms. The van der Waals surface area contributed by atoms with Gasteiger partial charge in [-0.2, -0.15) is 4.98 Å². The zero-order valence-corrected chi connectivity index (χ0v) is 19.9. The number of halogens is 3. The lowest BCUT2D eigenvalue weighted by Gasteiger charge is -2.29. The Bertz CT molecular complexity index is 1150. The fraction of sp³-hybridized carbons (Fsp3) is 0.455. The summed E-state index contributed by atoms with van der Waals surface area (Å²) in [6.07, 6.45) is 5.31. The molecule has 0 unspecified atom stereocenters. The number of fused-ring (bicyclic) bond motifs is 1. The molecule has 1 aromatic carbocycles. The fourth-order valence-electron chi connectivity index (χ4n) is 4.11. The number of imidazole rings is 1. The molecule has 1 atom stereocenters. The molecule has 8 nitrogen and oxygen atoms in total. The van der Waals surface area contributed by atoms with Crippen molar-refractivity contribution >= 4 is 57.9 Å². The molecule has 4 rings (SSSR count). The van der Waals surface area contributed by atoms with Gasteiger partial charge in [0.05, 0.1) is 16.9 Å². The Hall–Kier alpha value is -2.65. The summed E-state index contributed by atoms with van der Waals surface area (Å²) < 4.78 is 16.6. The van der Waals surface area contributed by atoms with E-state index in [9.17, 15) is 9.18 Å². The van der Waals surface area contributed by atoms with Crippen LogP contribution in [0.25, 0.3) is 11.2 Å². The molecular weight excluding hydrogens is 468 g/mol. The maximum Gasteiger partial charge on any atom is 0.224 e. The minimum Gasteiger partial charge on any atom is -0.369 e. The highest BCUT2D eigenvalue weighted by Gasteiger charge is 2.29. The Balaban J connectivity index is 1.77. The fourth-order valence-corrected chi connectivity index (χ4v) is 4.62. The Morgan fingerprint density at radius 1 is 1.27 bits per heavy atom. The van der Waals surface area contributed by atoms with E-state index in [1.165, 1.54) is 12.1 Å². The van der Waals surface area contributed by atoms with Gasteiger partial charge in [-0.15, -0.1) is 0 Å². The molecule has 0 spiro atoms. The topological polar surface area (TPSA) is 111 Å². The monoisotopic (exact) mass is 493 g/mol. The van der Waals surface area contributed by atoms with Gasteiger partial charge in [0.25, 0.3) is 0 Å². The van der Waals surface area contributed by atoms with Crippen LogP contribution in [0.15, 0.2) is 18.3 Å². The van der Waals surface area contributed by atoms with Crippen molar-refractivity contribution in [2.45, 2.75) is 58.0 Å². The lowest BCUT2D eigenvalue weighted by molar-refractivity contribution is -0.122. The smallest absolute Gasteiger partial charge is 0.224 e. The molecule has 1 aliphatic carbocycles. The summed E-state index contributed by atoms with van der Waals surface area (Å²) in [7, 11) is 0. The molecule has 1 fully saturated rings. The highest BCUT2D eigenvalue weighted by atomic mass is 35.5. The van der Waals surface area contributed by atoms with E-state index in [-0.39, 0.29) is 39.6 Å². The lowest BCUT2D eigenvalue weighted by atomic mass is 9.85. The van der Waals surface area contributed by atoms with Crippen molar-refractivity contribution in [3.63, 3.8) is 0 Å². The van der Waals surface area contributed by atoms with Crippen molar-refractivity contribution in [1.29, 1.82) is 0 Å². The van der Waals surface area contributed by atoms with Crippen LogP contribution in [0.4, 0.5) is 22.0 Å². The van der Waals surface area contributed by atoms with E-state index >= 15 is 0 Å². The standard InChI is InChI=1S/C22H26Cl2FN7O/c1-3-11(2)28-21-27-10-17-20(31-21)32(14-6-4-12(5-7-14)19(26)33)22(29-17)30-18-15(24)8-13(23)9-16(18)25/h8-12,14H,3-7H2,1-2H3,(H2,26,33)(H,29,30)(H,27,28,31)/t11-,12?,14?/m0/s1. The van der Waals surface area contributed by atoms with E-state index in [2.05, 4.69) is 27.5 Å². The summed E-state index contributed by atoms with van der Waals surface area (Å²) in [4.78, 5) is 25.4. The van der Waals surface area contributed by atoms with Gasteiger partial charge < -0.3 is 16.4 Å². The molecule has 2 heterocycles. The summed E-state index contributed by atoms with van der Waals surface area (Å²) >= 11 is 12.2. The van der Waals surface area contributed by atoms with Gasteiger partial charge in [0, 0.05) is 23.0 Å². The molecular formula is C22H26Cl2FN7O. The Morgan fingerprint density at radius 2 is 2.00 bits per heavy atom. The molecule has 1 amide bonds. The zero-order valence-electron chi connectivity index (χ0n) is 18.4. The molecule has 1 aliphatic rings. The molecule has 0 aliphatic heterocycles. The van der Waals surface area contributed by atoms with Gasteiger partial charge in [-0.1, -0.05) is 30.1 Å². The first kappa shape index (κ1) is 23.5. The van der Waals surface area contributed by atoms with Crippen LogP contribution in [-0.4, -0.2) is 31.5 Å². The van der Waals surface area contributed by atoms with E-state index in [1.54, 1.807) is 6.20 Å². The van der Waals surface area contributed by atoms with Gasteiger partial charge in [-0.25, -0.2) is 14.4 Å². The van der Waals surface area contributed by atoms with Crippen LogP contribution in [0.3, 0.4) is 0 Å². The molecule has 0 radical (unpaired) electrons. The van der Waals surface area contributed by atoms with Crippen molar-refractivity contribution in [3.05, 3.63) is 34.2 Å². The first-order valence-corrected chi connectivity index (χ1v) is 11.7. The van der Waals surface area contributed by atoms with Crippen LogP contribution in [0.5, 0.6) is 0 Å². The van der Waals surface area contributed by atoms with Crippen molar-refractivity contribution in [3.8, 4) is 0 Å². The van der Waals surface area contributed by atoms with Crippen LogP contribution in [0.2, 0.25) is 10.0 Å². The molecule has 1 saturated carbocycles. The number of primary amides is 1. The number of benzene rings is 1. The number of aromatic nitrogens is 4. The summed E-state index contributed by atoms with van der Waals surface area (Å²) in [5.74, 6) is -0.127. The van der Waals surface area contributed by atoms with Gasteiger partial charge in [0.15, 0.2) is 5.65 Å². The normalized spacial score (nSPS) is 19.4. The molecule has 11 heteroatoms. The van der Waals surface area contributed by atoms with Crippen LogP contribution in [0, 0.1) is 11.7 Å². The molecule has 33 heavy (non-hydrogen) atoms. The number of carbonyl (C=O) groups excluding carboxylic acids is 1. The third kappa shape index (κ3) is 4.99. The number of nitrogens with two attached hydrogens (primary N) is 1. The second-order valence-corrected chi connectivity index (χ2v) is 9.28. The zero-order chi connectivity index (χ0) is 23.7. The summed E-state index contributed by atoms with van der Waals surface area (Å²) in [6, 6.07) is 2.85. The Morgan fingerprint density at radius 3 is 2.64 bits per heavy atom. The summed E-state index contributed by atoms with van der Waals surface area (Å²) in [5.41, 5.74) is 6.77. The third-order valence-electron chi connectivity index (χ3n) is 6.13. The third-order valence-corrected chi connectivity index (χ3v) is 6.64. The minimum atomic E-state index is -0.589. The number of carbonyl (C=O) groups is 1. The SMILES string of the molecule is CC[C@H](C)Nc1ncc2nc(Nc3c(F)cc(Cl)cc3Cl)n(C3CCC(C(N)=O)CC3)c2n1. The Labute approximate surface area is 201 Å². The van der Waals surface area contributed by atoms with Gasteiger partial charge >= 0.3 is 0 Å². The quantitative estimate of drug-likeness (QED) is 0.403. The van der Waals surface area contributed by atoms with Gasteiger partial charge in [0.2, 0.25) is 17.8 Å². The number of anilines is 3. The number of nitrogens with zero attached hydrogens (tertiary/aromatic N) is 4. The van der Waals surface area contributed by atoms with Crippen LogP contribution in [-0.2, 0) is 4.79 Å². The van der Waals surface area contributed by atoms with Crippen molar-refractivity contribution in [2.75, 3.05) is 10.6 Å². The van der Waals surface area contributed by atoms with E-state index in [0.29, 0.717) is 48.7 Å². The second kappa shape index (κ2) is 9.69. The van der Waals surface area contributed by atoms with Gasteiger partial charge in [-0.3, -0.25) is 9.36 Å². The maximum atomic E-state index is 14.7. The average Bonchev–Trinajstić information content (AvgIpc) is 3.13. The summed E-state index contributed by atoms with van der Waals surface area (Å²) in [5, 5.41) is 6.66. The maximum absolute atomic E-state index is 14.7. The number of hydrogen-bond acceptors (Lipinski definition) is 6. The predicted molar refractivity (Wildman–Crippen MR) is 129 cm³/mol. The Kier molecular flexibility index (Phi) is 6.90. The predicted octanol–water partition coefficient (Wildman–Crippen LogP) is 5.44. The lowest BCUT2D eigenvalue weighted by Crippen LogP contribution is -2.29. The van der Waals surface area contributed by atoms with Gasteiger partial charge in [-0.05, 0) is 51.2 Å². The molecule has 0 saturated heterocycles. The van der Waals surface area contributed by atoms with Gasteiger partial charge in [0.1, 0.15) is 11.3 Å². The average molecular weight is 494 g/mol. The highest BCUT2D eigenvalue weighted by molar-refractivity contribution is 6.36. The number of hydrogen-bond donors (Lipinski definition) is 3. The second-order valence-electron chi connectivity index (χ2n) is 8.44. The van der Waals surface area contributed by atoms with Crippen LogP contribution >= 0.6 is 23.2 Å². The van der Waals surface area contributed by atoms with E-state index in [1.807, 2.05) is 11.5 Å². The van der Waals surface area contributed by atoms with Crippen molar-refractivity contribution in [2.24, 2.45) is 11.7 Å².